The smallest absolute Gasteiger partial charge is 0.409 e. The van der Waals surface area contributed by atoms with Gasteiger partial charge in [-0.2, -0.15) is 0 Å². The highest BCUT2D eigenvalue weighted by Crippen LogP contribution is 2.18. The van der Waals surface area contributed by atoms with E-state index in [1.165, 1.54) is 4.90 Å². The summed E-state index contributed by atoms with van der Waals surface area (Å²) < 4.78 is 15.9. The fraction of sp³-hybridized carbons (Fsp3) is 0.548. The number of carbonyl (C=O) groups is 4. The van der Waals surface area contributed by atoms with Crippen molar-refractivity contribution < 1.29 is 33.4 Å². The Hall–Kier alpha value is -4.06. The molecule has 3 rings (SSSR count). The lowest BCUT2D eigenvalue weighted by atomic mass is 10.1. The molecule has 0 spiro atoms. The third-order valence-corrected chi connectivity index (χ3v) is 6.72. The van der Waals surface area contributed by atoms with E-state index >= 15 is 0 Å². The third kappa shape index (κ3) is 10.3. The summed E-state index contributed by atoms with van der Waals surface area (Å²) in [6.07, 6.45) is -0.175. The maximum absolute atomic E-state index is 13.7. The monoisotopic (exact) mass is 597 g/mol. The van der Waals surface area contributed by atoms with Crippen LogP contribution >= 0.6 is 0 Å². The predicted molar refractivity (Wildman–Crippen MR) is 159 cm³/mol. The first kappa shape index (κ1) is 33.4. The number of esters is 1. The second-order valence-electron chi connectivity index (χ2n) is 11.3. The van der Waals surface area contributed by atoms with Gasteiger partial charge < -0.3 is 29.3 Å². The van der Waals surface area contributed by atoms with Crippen molar-refractivity contribution >= 4 is 23.9 Å². The van der Waals surface area contributed by atoms with Crippen molar-refractivity contribution in [2.45, 2.75) is 71.6 Å². The van der Waals surface area contributed by atoms with E-state index in [1.54, 1.807) is 45.8 Å². The largest absolute Gasteiger partial charge is 0.460 e. The number of ether oxygens (including phenoxy) is 3. The molecular formula is C31H43N5O7. The first-order chi connectivity index (χ1) is 20.4. The van der Waals surface area contributed by atoms with E-state index in [9.17, 15) is 19.2 Å². The van der Waals surface area contributed by atoms with Gasteiger partial charge in [-0.3, -0.25) is 14.4 Å². The maximum Gasteiger partial charge on any atom is 0.409 e. The van der Waals surface area contributed by atoms with Gasteiger partial charge in [0.15, 0.2) is 5.82 Å². The minimum absolute atomic E-state index is 0.0295. The molecule has 1 saturated heterocycles. The van der Waals surface area contributed by atoms with E-state index in [0.29, 0.717) is 31.0 Å². The quantitative estimate of drug-likeness (QED) is 0.387. The van der Waals surface area contributed by atoms with E-state index in [2.05, 4.69) is 15.3 Å². The van der Waals surface area contributed by atoms with Crippen molar-refractivity contribution in [3.8, 4) is 11.4 Å². The molecule has 2 aromatic rings. The average molecular weight is 598 g/mol. The summed E-state index contributed by atoms with van der Waals surface area (Å²) in [5.74, 6) is -1.03. The Morgan fingerprint density at radius 3 is 2.26 bits per heavy atom. The topological polar surface area (TPSA) is 140 Å². The van der Waals surface area contributed by atoms with Gasteiger partial charge >= 0.3 is 12.1 Å². The lowest BCUT2D eigenvalue weighted by Crippen LogP contribution is -2.56. The standard InChI is InChI=1S/C31H43N5O7/c1-7-42-30(40)36-17-15-35(16-18-36)29(39)24(13-14-26(37)43-31(3,4)5)34-28(38)25-20-23(19-21(2)41-6)32-27(33-25)22-11-9-8-10-12-22/h8-12,20-21,24H,7,13-19H2,1-6H3,(H,34,38)/t21?,24-/m0/s1. The molecule has 12 heteroatoms. The van der Waals surface area contributed by atoms with E-state index < -0.39 is 29.6 Å². The number of aromatic nitrogens is 2. The Morgan fingerprint density at radius 2 is 1.65 bits per heavy atom. The number of carbonyl (C=O) groups excluding carboxylic acids is 4. The molecule has 0 aliphatic carbocycles. The van der Waals surface area contributed by atoms with Gasteiger partial charge in [-0.05, 0) is 47.1 Å². The normalized spacial score (nSPS) is 14.9. The Labute approximate surface area is 253 Å². The first-order valence-electron chi connectivity index (χ1n) is 14.6. The summed E-state index contributed by atoms with van der Waals surface area (Å²) in [5, 5.41) is 2.81. The molecule has 2 atom stereocenters. The summed E-state index contributed by atoms with van der Waals surface area (Å²) in [6, 6.07) is 9.86. The molecule has 2 heterocycles. The number of piperazine rings is 1. The SMILES string of the molecule is CCOC(=O)N1CCN(C(=O)[C@H](CCC(=O)OC(C)(C)C)NC(=O)c2cc(CC(C)OC)nc(-c3ccccc3)n2)CC1. The molecule has 0 bridgehead atoms. The van der Waals surface area contributed by atoms with Crippen LogP contribution in [-0.4, -0.2) is 101 Å². The molecular weight excluding hydrogens is 554 g/mol. The van der Waals surface area contributed by atoms with Crippen molar-refractivity contribution in [3.05, 3.63) is 47.8 Å². The van der Waals surface area contributed by atoms with Crippen molar-refractivity contribution in [3.63, 3.8) is 0 Å². The highest BCUT2D eigenvalue weighted by atomic mass is 16.6. The first-order valence-corrected chi connectivity index (χ1v) is 14.6. The summed E-state index contributed by atoms with van der Waals surface area (Å²) in [6.45, 7) is 10.3. The number of hydrogen-bond acceptors (Lipinski definition) is 9. The van der Waals surface area contributed by atoms with Crippen LogP contribution in [0.3, 0.4) is 0 Å². The van der Waals surface area contributed by atoms with Gasteiger partial charge in [-0.25, -0.2) is 14.8 Å². The van der Waals surface area contributed by atoms with Crippen LogP contribution < -0.4 is 5.32 Å². The van der Waals surface area contributed by atoms with E-state index in [4.69, 9.17) is 14.2 Å². The molecule has 1 aliphatic heterocycles. The van der Waals surface area contributed by atoms with Crippen molar-refractivity contribution in [2.24, 2.45) is 0 Å². The summed E-state index contributed by atoms with van der Waals surface area (Å²) in [7, 11) is 1.60. The van der Waals surface area contributed by atoms with E-state index in [0.717, 1.165) is 5.56 Å². The fourth-order valence-electron chi connectivity index (χ4n) is 4.50. The van der Waals surface area contributed by atoms with Crippen molar-refractivity contribution in [2.75, 3.05) is 39.9 Å². The molecule has 0 saturated carbocycles. The number of amides is 3. The summed E-state index contributed by atoms with van der Waals surface area (Å²) in [4.78, 5) is 64.2. The van der Waals surface area contributed by atoms with Gasteiger partial charge in [-0.15, -0.1) is 0 Å². The van der Waals surface area contributed by atoms with Crippen LogP contribution in [0.4, 0.5) is 4.79 Å². The zero-order chi connectivity index (χ0) is 31.6. The van der Waals surface area contributed by atoms with Crippen LogP contribution in [0.5, 0.6) is 0 Å². The van der Waals surface area contributed by atoms with Gasteiger partial charge in [0.05, 0.1) is 12.7 Å². The summed E-state index contributed by atoms with van der Waals surface area (Å²) in [5.41, 5.74) is 0.753. The highest BCUT2D eigenvalue weighted by molar-refractivity contribution is 5.96. The van der Waals surface area contributed by atoms with Crippen LogP contribution in [0.1, 0.15) is 63.6 Å². The van der Waals surface area contributed by atoms with Crippen LogP contribution in [0.25, 0.3) is 11.4 Å². The molecule has 1 unspecified atom stereocenters. The third-order valence-electron chi connectivity index (χ3n) is 6.72. The molecule has 1 N–H and O–H groups in total. The van der Waals surface area contributed by atoms with E-state index in [1.807, 2.05) is 37.3 Å². The lowest BCUT2D eigenvalue weighted by molar-refractivity contribution is -0.155. The highest BCUT2D eigenvalue weighted by Gasteiger charge is 2.32. The Bertz CT molecular complexity index is 1260. The van der Waals surface area contributed by atoms with Crippen LogP contribution in [-0.2, 0) is 30.2 Å². The van der Waals surface area contributed by atoms with Crippen molar-refractivity contribution in [1.82, 2.24) is 25.1 Å². The molecule has 43 heavy (non-hydrogen) atoms. The molecule has 0 radical (unpaired) electrons. The zero-order valence-electron chi connectivity index (χ0n) is 25.9. The fourth-order valence-corrected chi connectivity index (χ4v) is 4.50. The van der Waals surface area contributed by atoms with E-state index in [-0.39, 0.29) is 50.2 Å². The number of hydrogen-bond donors (Lipinski definition) is 1. The van der Waals surface area contributed by atoms with Gasteiger partial charge in [-0.1, -0.05) is 30.3 Å². The minimum Gasteiger partial charge on any atom is -0.460 e. The predicted octanol–water partition coefficient (Wildman–Crippen LogP) is 3.24. The Balaban J connectivity index is 1.84. The maximum atomic E-state index is 13.7. The number of nitrogens with zero attached hydrogens (tertiary/aromatic N) is 4. The average Bonchev–Trinajstić information content (AvgIpc) is 2.98. The van der Waals surface area contributed by atoms with Gasteiger partial charge in [0, 0.05) is 57.4 Å². The molecule has 12 nitrogen and oxygen atoms in total. The Morgan fingerprint density at radius 1 is 1.00 bits per heavy atom. The van der Waals surface area contributed by atoms with Crippen LogP contribution in [0.15, 0.2) is 36.4 Å². The molecule has 1 aromatic heterocycles. The number of nitrogens with one attached hydrogen (secondary N) is 1. The molecule has 1 aromatic carbocycles. The van der Waals surface area contributed by atoms with Gasteiger partial charge in [0.1, 0.15) is 17.3 Å². The van der Waals surface area contributed by atoms with Crippen molar-refractivity contribution in [1.29, 1.82) is 0 Å². The summed E-state index contributed by atoms with van der Waals surface area (Å²) >= 11 is 0. The van der Waals surface area contributed by atoms with Crippen LogP contribution in [0.2, 0.25) is 0 Å². The number of methoxy groups -OCH3 is 1. The lowest BCUT2D eigenvalue weighted by Gasteiger charge is -2.36. The second kappa shape index (κ2) is 15.4. The molecule has 3 amide bonds. The Kier molecular flexibility index (Phi) is 12.0. The molecule has 234 valence electrons. The van der Waals surface area contributed by atoms with Gasteiger partial charge in [0.25, 0.3) is 5.91 Å². The zero-order valence-corrected chi connectivity index (χ0v) is 25.9. The second-order valence-corrected chi connectivity index (χ2v) is 11.3. The number of rotatable bonds is 11. The number of benzene rings is 1. The van der Waals surface area contributed by atoms with Gasteiger partial charge in [0.2, 0.25) is 5.91 Å². The molecule has 1 aliphatic rings. The minimum atomic E-state index is -1.02. The van der Waals surface area contributed by atoms with Crippen LogP contribution in [0, 0.1) is 0 Å². The molecule has 1 fully saturated rings.